The van der Waals surface area contributed by atoms with Crippen molar-refractivity contribution < 1.29 is 4.79 Å². The predicted molar refractivity (Wildman–Crippen MR) is 115 cm³/mol. The molecule has 0 saturated carbocycles. The highest BCUT2D eigenvalue weighted by Crippen LogP contribution is 2.39. The number of carbonyl (C=O) groups is 1. The van der Waals surface area contributed by atoms with Crippen LogP contribution in [0.1, 0.15) is 50.5 Å². The second kappa shape index (κ2) is 10.8. The van der Waals surface area contributed by atoms with Crippen molar-refractivity contribution in [2.24, 2.45) is 0 Å². The summed E-state index contributed by atoms with van der Waals surface area (Å²) >= 11 is 5.94. The number of hydrogen-bond acceptors (Lipinski definition) is 4. The largest absolute Gasteiger partial charge is 0.353 e. The molecule has 3 rings (SSSR count). The van der Waals surface area contributed by atoms with Crippen LogP contribution in [0, 0.1) is 0 Å². The summed E-state index contributed by atoms with van der Waals surface area (Å²) in [5, 5.41) is 4.86. The molecule has 2 saturated heterocycles. The summed E-state index contributed by atoms with van der Waals surface area (Å²) in [7, 11) is 4.03. The van der Waals surface area contributed by atoms with E-state index in [4.69, 9.17) is 11.6 Å². The lowest BCUT2D eigenvalue weighted by Crippen LogP contribution is -2.44. The van der Waals surface area contributed by atoms with Gasteiger partial charge in [0.05, 0.1) is 0 Å². The SMILES string of the molecule is O=C(CCCCC1CCSS1)NC1CCN(Cc2ccc(Cl)cc2)CC1. The molecule has 144 valence electrons. The molecule has 1 atom stereocenters. The summed E-state index contributed by atoms with van der Waals surface area (Å²) in [5.74, 6) is 1.54. The van der Waals surface area contributed by atoms with Gasteiger partial charge in [-0.3, -0.25) is 9.69 Å². The summed E-state index contributed by atoms with van der Waals surface area (Å²) in [5.41, 5.74) is 1.30. The van der Waals surface area contributed by atoms with Gasteiger partial charge >= 0.3 is 0 Å². The van der Waals surface area contributed by atoms with Crippen LogP contribution in [-0.4, -0.2) is 40.9 Å². The Morgan fingerprint density at radius 1 is 1.15 bits per heavy atom. The molecule has 1 aromatic carbocycles. The van der Waals surface area contributed by atoms with Crippen molar-refractivity contribution in [3.05, 3.63) is 34.9 Å². The fraction of sp³-hybridized carbons (Fsp3) is 0.650. The zero-order valence-corrected chi connectivity index (χ0v) is 17.7. The normalized spacial score (nSPS) is 21.8. The van der Waals surface area contributed by atoms with Crippen molar-refractivity contribution in [3.63, 3.8) is 0 Å². The Balaban J connectivity index is 1.27. The Bertz CT molecular complexity index is 555. The molecule has 1 N–H and O–H groups in total. The van der Waals surface area contributed by atoms with Gasteiger partial charge in [0.2, 0.25) is 5.91 Å². The molecular formula is C20H29ClN2OS2. The molecule has 2 heterocycles. The van der Waals surface area contributed by atoms with Gasteiger partial charge in [-0.15, -0.1) is 0 Å². The number of rotatable bonds is 8. The van der Waals surface area contributed by atoms with E-state index >= 15 is 0 Å². The van der Waals surface area contributed by atoms with Crippen molar-refractivity contribution in [1.82, 2.24) is 10.2 Å². The van der Waals surface area contributed by atoms with E-state index in [-0.39, 0.29) is 5.91 Å². The Morgan fingerprint density at radius 2 is 1.92 bits per heavy atom. The second-order valence-electron chi connectivity index (χ2n) is 7.32. The maximum atomic E-state index is 12.2. The maximum Gasteiger partial charge on any atom is 0.220 e. The number of hydrogen-bond donors (Lipinski definition) is 1. The van der Waals surface area contributed by atoms with Gasteiger partial charge in [-0.1, -0.05) is 51.7 Å². The number of amides is 1. The van der Waals surface area contributed by atoms with Crippen LogP contribution in [0.3, 0.4) is 0 Å². The zero-order chi connectivity index (χ0) is 18.2. The van der Waals surface area contributed by atoms with E-state index in [2.05, 4.69) is 22.3 Å². The molecule has 0 aromatic heterocycles. The van der Waals surface area contributed by atoms with Crippen molar-refractivity contribution in [1.29, 1.82) is 0 Å². The zero-order valence-electron chi connectivity index (χ0n) is 15.3. The Morgan fingerprint density at radius 3 is 2.62 bits per heavy atom. The first-order chi connectivity index (χ1) is 12.7. The summed E-state index contributed by atoms with van der Waals surface area (Å²) in [6.07, 6.45) is 7.62. The average Bonchev–Trinajstić information content (AvgIpc) is 3.16. The van der Waals surface area contributed by atoms with Gasteiger partial charge in [-0.2, -0.15) is 0 Å². The van der Waals surface area contributed by atoms with Crippen molar-refractivity contribution in [2.75, 3.05) is 18.8 Å². The number of likely N-dealkylation sites (tertiary alicyclic amines) is 1. The van der Waals surface area contributed by atoms with Crippen molar-refractivity contribution in [3.8, 4) is 0 Å². The molecule has 3 nitrogen and oxygen atoms in total. The van der Waals surface area contributed by atoms with Gasteiger partial charge in [0.25, 0.3) is 0 Å². The summed E-state index contributed by atoms with van der Waals surface area (Å²) in [4.78, 5) is 14.6. The third-order valence-corrected chi connectivity index (χ3v) is 8.44. The minimum absolute atomic E-state index is 0.245. The lowest BCUT2D eigenvalue weighted by Gasteiger charge is -2.32. The summed E-state index contributed by atoms with van der Waals surface area (Å²) < 4.78 is 0. The van der Waals surface area contributed by atoms with Crippen LogP contribution in [0.15, 0.2) is 24.3 Å². The van der Waals surface area contributed by atoms with E-state index in [9.17, 15) is 4.79 Å². The number of nitrogens with one attached hydrogen (secondary N) is 1. The van der Waals surface area contributed by atoms with E-state index in [1.54, 1.807) is 0 Å². The molecule has 2 fully saturated rings. The summed E-state index contributed by atoms with van der Waals surface area (Å²) in [6.45, 7) is 3.06. The Labute approximate surface area is 170 Å². The van der Waals surface area contributed by atoms with Gasteiger partial charge in [-0.25, -0.2) is 0 Å². The highest BCUT2D eigenvalue weighted by atomic mass is 35.5. The molecule has 1 aromatic rings. The molecule has 26 heavy (non-hydrogen) atoms. The van der Waals surface area contributed by atoms with Gasteiger partial charge in [0.15, 0.2) is 0 Å². The summed E-state index contributed by atoms with van der Waals surface area (Å²) in [6, 6.07) is 8.45. The monoisotopic (exact) mass is 412 g/mol. The number of nitrogens with zero attached hydrogens (tertiary/aromatic N) is 1. The number of unbranched alkanes of at least 4 members (excludes halogenated alkanes) is 1. The standard InChI is InChI=1S/C20H29ClN2OS2/c21-17-7-5-16(6-8-17)15-23-12-9-18(10-13-23)22-20(24)4-2-1-3-19-11-14-25-26-19/h5-8,18-19H,1-4,9-15H2,(H,22,24). The first-order valence-corrected chi connectivity index (χ1v) is 12.5. The minimum Gasteiger partial charge on any atom is -0.353 e. The maximum absolute atomic E-state index is 12.2. The molecule has 0 bridgehead atoms. The average molecular weight is 413 g/mol. The Hall–Kier alpha value is -0.360. The van der Waals surface area contributed by atoms with Gasteiger partial charge in [0, 0.05) is 48.1 Å². The van der Waals surface area contributed by atoms with Crippen LogP contribution in [0.5, 0.6) is 0 Å². The second-order valence-corrected chi connectivity index (χ2v) is 10.5. The molecule has 0 radical (unpaired) electrons. The lowest BCUT2D eigenvalue weighted by atomic mass is 10.0. The van der Waals surface area contributed by atoms with Crippen LogP contribution < -0.4 is 5.32 Å². The molecule has 2 aliphatic rings. The van der Waals surface area contributed by atoms with Gasteiger partial charge in [-0.05, 0) is 49.8 Å². The van der Waals surface area contributed by atoms with Crippen molar-refractivity contribution in [2.45, 2.75) is 62.8 Å². The van der Waals surface area contributed by atoms with Crippen molar-refractivity contribution >= 4 is 39.1 Å². The van der Waals surface area contributed by atoms with Gasteiger partial charge in [0.1, 0.15) is 0 Å². The third kappa shape index (κ3) is 6.99. The number of benzene rings is 1. The molecule has 1 unspecified atom stereocenters. The Kier molecular flexibility index (Phi) is 8.50. The van der Waals surface area contributed by atoms with Crippen LogP contribution in [0.2, 0.25) is 5.02 Å². The third-order valence-electron chi connectivity index (χ3n) is 5.18. The molecule has 6 heteroatoms. The topological polar surface area (TPSA) is 32.3 Å². The smallest absolute Gasteiger partial charge is 0.220 e. The van der Waals surface area contributed by atoms with E-state index in [0.717, 1.165) is 49.2 Å². The van der Waals surface area contributed by atoms with Crippen LogP contribution in [-0.2, 0) is 11.3 Å². The van der Waals surface area contributed by atoms with Gasteiger partial charge < -0.3 is 5.32 Å². The fourth-order valence-electron chi connectivity index (χ4n) is 3.61. The molecular weight excluding hydrogens is 384 g/mol. The van der Waals surface area contributed by atoms with E-state index in [1.165, 1.54) is 30.6 Å². The first-order valence-electron chi connectivity index (χ1n) is 9.73. The van der Waals surface area contributed by atoms with E-state index in [1.807, 2.05) is 33.7 Å². The van der Waals surface area contributed by atoms with E-state index in [0.29, 0.717) is 12.5 Å². The number of halogens is 1. The first kappa shape index (κ1) is 20.4. The van der Waals surface area contributed by atoms with Crippen LogP contribution in [0.25, 0.3) is 0 Å². The highest BCUT2D eigenvalue weighted by molar-refractivity contribution is 8.77. The fourth-order valence-corrected chi connectivity index (χ4v) is 6.76. The van der Waals surface area contributed by atoms with Crippen LogP contribution >= 0.6 is 33.2 Å². The lowest BCUT2D eigenvalue weighted by molar-refractivity contribution is -0.122. The number of carbonyl (C=O) groups excluding carboxylic acids is 1. The van der Waals surface area contributed by atoms with E-state index < -0.39 is 0 Å². The molecule has 0 aliphatic carbocycles. The minimum atomic E-state index is 0.245. The highest BCUT2D eigenvalue weighted by Gasteiger charge is 2.21. The molecule has 2 aliphatic heterocycles. The molecule has 0 spiro atoms. The van der Waals surface area contributed by atoms with Crippen LogP contribution in [0.4, 0.5) is 0 Å². The number of piperidine rings is 1. The quantitative estimate of drug-likeness (QED) is 0.473. The predicted octanol–water partition coefficient (Wildman–Crippen LogP) is 5.13. The molecule has 1 amide bonds.